The lowest BCUT2D eigenvalue weighted by Crippen LogP contribution is -2.66. The fraction of sp³-hybridized carbons (Fsp3) is 0.667. The van der Waals surface area contributed by atoms with Gasteiger partial charge in [-0.05, 0) is 75.6 Å². The van der Waals surface area contributed by atoms with Gasteiger partial charge in [-0.1, -0.05) is 18.2 Å². The molecule has 3 heteroatoms. The predicted octanol–water partition coefficient (Wildman–Crippen LogP) is 4.08. The van der Waals surface area contributed by atoms with Crippen molar-refractivity contribution in [2.24, 2.45) is 16.8 Å². The molecule has 1 aromatic carbocycles. The van der Waals surface area contributed by atoms with E-state index in [0.717, 1.165) is 29.6 Å². The van der Waals surface area contributed by atoms with Crippen LogP contribution in [0.1, 0.15) is 44.9 Å². The Hall–Kier alpha value is -1.35. The Morgan fingerprint density at radius 3 is 2.62 bits per heavy atom. The smallest absolute Gasteiger partial charge is 0.105 e. The van der Waals surface area contributed by atoms with Crippen LogP contribution in [0.25, 0.3) is 0 Å². The molecule has 4 aliphatic heterocycles. The summed E-state index contributed by atoms with van der Waals surface area (Å²) in [6.45, 7) is 3.97. The van der Waals surface area contributed by atoms with E-state index in [1.165, 1.54) is 70.4 Å². The first kappa shape index (κ1) is 14.9. The third-order valence-corrected chi connectivity index (χ3v) is 6.92. The summed E-state index contributed by atoms with van der Waals surface area (Å²) in [5.41, 5.74) is 1.13. The van der Waals surface area contributed by atoms with Crippen LogP contribution < -0.4 is 0 Å². The maximum absolute atomic E-state index is 5.07. The number of rotatable bonds is 1. The van der Waals surface area contributed by atoms with Crippen LogP contribution in [-0.4, -0.2) is 47.4 Å². The average molecular weight is 323 g/mol. The summed E-state index contributed by atoms with van der Waals surface area (Å²) in [6, 6.07) is 12.2. The number of aliphatic imine (C=N–C) groups is 1. The number of para-hydroxylation sites is 1. The van der Waals surface area contributed by atoms with Gasteiger partial charge in [-0.2, -0.15) is 0 Å². The molecular formula is C21H29N3. The summed E-state index contributed by atoms with van der Waals surface area (Å²) in [6.07, 6.45) is 9.55. The average Bonchev–Trinajstić information content (AvgIpc) is 2.64. The minimum absolute atomic E-state index is 0.753. The molecule has 1 aromatic rings. The number of hydrogen-bond donors (Lipinski definition) is 0. The Morgan fingerprint density at radius 1 is 0.917 bits per heavy atom. The largest absolute Gasteiger partial charge is 0.356 e. The minimum Gasteiger partial charge on any atom is -0.356 e. The molecule has 4 atom stereocenters. The fourth-order valence-electron chi connectivity index (χ4n) is 6.05. The van der Waals surface area contributed by atoms with E-state index < -0.39 is 0 Å². The quantitative estimate of drug-likeness (QED) is 0.775. The zero-order chi connectivity index (χ0) is 15.9. The van der Waals surface area contributed by atoms with Crippen molar-refractivity contribution >= 4 is 11.5 Å². The van der Waals surface area contributed by atoms with Crippen molar-refractivity contribution in [1.82, 2.24) is 9.80 Å². The summed E-state index contributed by atoms with van der Waals surface area (Å²) in [7, 11) is 0. The molecule has 4 saturated heterocycles. The number of benzene rings is 1. The van der Waals surface area contributed by atoms with Gasteiger partial charge in [-0.3, -0.25) is 4.90 Å². The molecule has 5 rings (SSSR count). The summed E-state index contributed by atoms with van der Waals surface area (Å²) in [5.74, 6) is 3.14. The van der Waals surface area contributed by atoms with E-state index in [2.05, 4.69) is 40.1 Å². The number of hydrogen-bond acceptors (Lipinski definition) is 2. The van der Waals surface area contributed by atoms with Crippen LogP contribution >= 0.6 is 0 Å². The number of piperidine rings is 4. The maximum Gasteiger partial charge on any atom is 0.105 e. The first-order valence-corrected chi connectivity index (χ1v) is 10.0. The standard InChI is InChI=1S/C21H29N3/c1-2-8-17(9-3-1)22-20-12-4-11-19-18-10-6-14-23-13-5-7-16(21(18)23)15-24(19)20/h1-3,8-9,16,18-19,21H,4-7,10-15H2/t16-,18+,19+,21-/m0/s1. The van der Waals surface area contributed by atoms with Gasteiger partial charge in [0.05, 0.1) is 5.69 Å². The molecule has 0 aromatic heterocycles. The number of amidine groups is 1. The van der Waals surface area contributed by atoms with Crippen LogP contribution in [0.5, 0.6) is 0 Å². The SMILES string of the molecule is c1ccc(N=C2CCC[C@@H]3[C@H]4CCCN5CCC[C@@H](CN23)[C@@H]45)cc1. The van der Waals surface area contributed by atoms with Gasteiger partial charge in [-0.15, -0.1) is 0 Å². The molecule has 0 amide bonds. The van der Waals surface area contributed by atoms with Crippen molar-refractivity contribution in [1.29, 1.82) is 0 Å². The van der Waals surface area contributed by atoms with Gasteiger partial charge in [0.1, 0.15) is 5.84 Å². The second kappa shape index (κ2) is 6.18. The summed E-state index contributed by atoms with van der Waals surface area (Å²) >= 11 is 0. The summed E-state index contributed by atoms with van der Waals surface area (Å²) < 4.78 is 0. The highest BCUT2D eigenvalue weighted by atomic mass is 15.3. The molecule has 3 nitrogen and oxygen atoms in total. The molecule has 0 unspecified atom stereocenters. The van der Waals surface area contributed by atoms with Gasteiger partial charge in [0.25, 0.3) is 0 Å². The third-order valence-electron chi connectivity index (χ3n) is 6.92. The van der Waals surface area contributed by atoms with E-state index in [0.29, 0.717) is 0 Å². The Bertz CT molecular complexity index is 609. The van der Waals surface area contributed by atoms with Crippen molar-refractivity contribution in [3.63, 3.8) is 0 Å². The molecule has 0 bridgehead atoms. The number of fused-ring (bicyclic) bond motifs is 2. The second-order valence-corrected chi connectivity index (χ2v) is 8.21. The van der Waals surface area contributed by atoms with E-state index in [1.807, 2.05) is 0 Å². The number of nitrogens with zero attached hydrogens (tertiary/aromatic N) is 3. The topological polar surface area (TPSA) is 18.8 Å². The van der Waals surface area contributed by atoms with E-state index in [1.54, 1.807) is 0 Å². The van der Waals surface area contributed by atoms with Gasteiger partial charge >= 0.3 is 0 Å². The Kier molecular flexibility index (Phi) is 3.85. The molecule has 0 spiro atoms. The van der Waals surface area contributed by atoms with Crippen LogP contribution in [-0.2, 0) is 0 Å². The molecule has 128 valence electrons. The Balaban J connectivity index is 1.47. The zero-order valence-electron chi connectivity index (χ0n) is 14.6. The van der Waals surface area contributed by atoms with Crippen LogP contribution in [0.4, 0.5) is 5.69 Å². The van der Waals surface area contributed by atoms with Crippen LogP contribution in [0.15, 0.2) is 35.3 Å². The lowest BCUT2D eigenvalue weighted by Gasteiger charge is -2.59. The van der Waals surface area contributed by atoms with E-state index >= 15 is 0 Å². The molecule has 4 heterocycles. The molecular weight excluding hydrogens is 294 g/mol. The van der Waals surface area contributed by atoms with Gasteiger partial charge in [0.15, 0.2) is 0 Å². The van der Waals surface area contributed by atoms with E-state index in [-0.39, 0.29) is 0 Å². The Labute approximate surface area is 145 Å². The highest BCUT2D eigenvalue weighted by molar-refractivity contribution is 5.86. The predicted molar refractivity (Wildman–Crippen MR) is 98.7 cm³/mol. The van der Waals surface area contributed by atoms with Crippen molar-refractivity contribution in [2.75, 3.05) is 19.6 Å². The zero-order valence-corrected chi connectivity index (χ0v) is 14.6. The maximum atomic E-state index is 5.07. The van der Waals surface area contributed by atoms with Gasteiger partial charge in [0.2, 0.25) is 0 Å². The van der Waals surface area contributed by atoms with Crippen LogP contribution in [0.2, 0.25) is 0 Å². The third kappa shape index (κ3) is 2.48. The van der Waals surface area contributed by atoms with E-state index in [9.17, 15) is 0 Å². The van der Waals surface area contributed by atoms with Crippen molar-refractivity contribution in [3.8, 4) is 0 Å². The fourth-order valence-corrected chi connectivity index (χ4v) is 6.05. The molecule has 0 saturated carbocycles. The normalized spacial score (nSPS) is 37.8. The lowest BCUT2D eigenvalue weighted by molar-refractivity contribution is -0.0604. The van der Waals surface area contributed by atoms with Crippen molar-refractivity contribution in [3.05, 3.63) is 30.3 Å². The molecule has 24 heavy (non-hydrogen) atoms. The first-order chi connectivity index (χ1) is 11.9. The highest BCUT2D eigenvalue weighted by Gasteiger charge is 2.49. The monoisotopic (exact) mass is 323 g/mol. The summed E-state index contributed by atoms with van der Waals surface area (Å²) in [4.78, 5) is 10.7. The molecule has 4 fully saturated rings. The van der Waals surface area contributed by atoms with Crippen LogP contribution in [0, 0.1) is 11.8 Å². The van der Waals surface area contributed by atoms with Gasteiger partial charge in [-0.25, -0.2) is 4.99 Å². The van der Waals surface area contributed by atoms with Crippen LogP contribution in [0.3, 0.4) is 0 Å². The second-order valence-electron chi connectivity index (χ2n) is 8.21. The minimum atomic E-state index is 0.753. The first-order valence-electron chi connectivity index (χ1n) is 10.0. The molecule has 0 N–H and O–H groups in total. The Morgan fingerprint density at radius 2 is 1.75 bits per heavy atom. The van der Waals surface area contributed by atoms with Crippen molar-refractivity contribution < 1.29 is 0 Å². The summed E-state index contributed by atoms with van der Waals surface area (Å²) in [5, 5.41) is 0. The molecule has 0 aliphatic carbocycles. The lowest BCUT2D eigenvalue weighted by atomic mass is 9.68. The van der Waals surface area contributed by atoms with E-state index in [4.69, 9.17) is 4.99 Å². The highest BCUT2D eigenvalue weighted by Crippen LogP contribution is 2.45. The van der Waals surface area contributed by atoms with Gasteiger partial charge < -0.3 is 4.90 Å². The molecule has 4 aliphatic rings. The van der Waals surface area contributed by atoms with Gasteiger partial charge in [0, 0.05) is 25.0 Å². The van der Waals surface area contributed by atoms with Crippen molar-refractivity contribution in [2.45, 2.75) is 57.0 Å². The molecule has 0 radical (unpaired) electrons.